The van der Waals surface area contributed by atoms with E-state index in [0.717, 1.165) is 23.5 Å². The molecule has 0 aliphatic carbocycles. The third-order valence-electron chi connectivity index (χ3n) is 5.35. The lowest BCUT2D eigenvalue weighted by molar-refractivity contribution is -0.127. The van der Waals surface area contributed by atoms with Crippen molar-refractivity contribution in [3.05, 3.63) is 65.6 Å². The van der Waals surface area contributed by atoms with Crippen LogP contribution in [0.2, 0.25) is 0 Å². The summed E-state index contributed by atoms with van der Waals surface area (Å²) in [5, 5.41) is 11.4. The molecule has 0 saturated heterocycles. The van der Waals surface area contributed by atoms with Crippen LogP contribution in [0.4, 0.5) is 0 Å². The number of pyridine rings is 1. The van der Waals surface area contributed by atoms with E-state index in [1.54, 1.807) is 4.90 Å². The van der Waals surface area contributed by atoms with E-state index < -0.39 is 6.04 Å². The highest BCUT2D eigenvalue weighted by Gasteiger charge is 2.37. The van der Waals surface area contributed by atoms with Crippen molar-refractivity contribution >= 4 is 17.5 Å². The second-order valence-corrected chi connectivity index (χ2v) is 7.72. The molecule has 4 rings (SSSR count). The molecule has 0 saturated carbocycles. The topological polar surface area (TPSA) is 79.6 Å². The van der Waals surface area contributed by atoms with Crippen molar-refractivity contribution < 1.29 is 9.59 Å². The van der Waals surface area contributed by atoms with Crippen LogP contribution in [0.25, 0.3) is 5.65 Å². The summed E-state index contributed by atoms with van der Waals surface area (Å²) in [7, 11) is 0. The molecule has 0 bridgehead atoms. The number of benzene rings is 1. The van der Waals surface area contributed by atoms with Crippen molar-refractivity contribution in [3.8, 4) is 0 Å². The minimum absolute atomic E-state index is 0.0219. The Morgan fingerprint density at radius 2 is 1.93 bits per heavy atom. The van der Waals surface area contributed by atoms with E-state index in [0.29, 0.717) is 25.1 Å². The van der Waals surface area contributed by atoms with Crippen LogP contribution in [0.5, 0.6) is 0 Å². The lowest BCUT2D eigenvalue weighted by Crippen LogP contribution is -2.50. The molecule has 0 radical (unpaired) electrons. The third-order valence-corrected chi connectivity index (χ3v) is 5.35. The van der Waals surface area contributed by atoms with E-state index in [1.165, 1.54) is 0 Å². The van der Waals surface area contributed by atoms with Gasteiger partial charge in [0, 0.05) is 31.3 Å². The fraction of sp³-hybridized carbons (Fsp3) is 0.364. The Kier molecular flexibility index (Phi) is 5.29. The van der Waals surface area contributed by atoms with Crippen molar-refractivity contribution in [2.75, 3.05) is 6.54 Å². The minimum atomic E-state index is -0.483. The van der Waals surface area contributed by atoms with Gasteiger partial charge in [-0.1, -0.05) is 38.1 Å². The molecule has 3 heterocycles. The molecular weight excluding hydrogens is 366 g/mol. The van der Waals surface area contributed by atoms with Crippen molar-refractivity contribution in [3.63, 3.8) is 0 Å². The highest BCUT2D eigenvalue weighted by Crippen LogP contribution is 2.27. The van der Waals surface area contributed by atoms with Crippen LogP contribution in [0.1, 0.15) is 42.0 Å². The third kappa shape index (κ3) is 3.72. The van der Waals surface area contributed by atoms with E-state index >= 15 is 0 Å². The number of rotatable bonds is 7. The molecule has 7 nitrogen and oxygen atoms in total. The Balaban J connectivity index is 1.36. The zero-order chi connectivity index (χ0) is 20.4. The molecule has 1 atom stereocenters. The molecule has 0 spiro atoms. The molecule has 29 heavy (non-hydrogen) atoms. The number of nitrogens with one attached hydrogen (secondary N) is 1. The first-order valence-electron chi connectivity index (χ1n) is 10.0. The molecule has 150 valence electrons. The summed E-state index contributed by atoms with van der Waals surface area (Å²) < 4.78 is 1.96. The smallest absolute Gasteiger partial charge is 0.255 e. The van der Waals surface area contributed by atoms with Crippen LogP contribution in [0.15, 0.2) is 48.7 Å². The highest BCUT2D eigenvalue weighted by atomic mass is 16.2. The van der Waals surface area contributed by atoms with Gasteiger partial charge in [0.25, 0.3) is 5.91 Å². The number of carbonyl (C=O) groups excluding carboxylic acids is 2. The van der Waals surface area contributed by atoms with Crippen LogP contribution in [-0.4, -0.2) is 43.9 Å². The minimum Gasteiger partial charge on any atom is -0.354 e. The van der Waals surface area contributed by atoms with E-state index in [-0.39, 0.29) is 17.7 Å². The van der Waals surface area contributed by atoms with Gasteiger partial charge in [-0.15, -0.1) is 10.2 Å². The van der Waals surface area contributed by atoms with Gasteiger partial charge in [-0.3, -0.25) is 14.0 Å². The standard InChI is InChI=1S/C22H25N5O2/c1-15(2)20(27-14-16-8-3-4-9-17(16)22(27)29)21(28)23-12-7-11-19-25-24-18-10-5-6-13-26(18)19/h3-6,8-10,13,15,20H,7,11-12,14H2,1-2H3,(H,23,28)/t20-/m0/s1. The summed E-state index contributed by atoms with van der Waals surface area (Å²) in [5.74, 6) is 0.728. The number of aryl methyl sites for hydroxylation is 1. The monoisotopic (exact) mass is 391 g/mol. The van der Waals surface area contributed by atoms with Gasteiger partial charge in [-0.2, -0.15) is 0 Å². The summed E-state index contributed by atoms with van der Waals surface area (Å²) >= 11 is 0. The van der Waals surface area contributed by atoms with E-state index in [1.807, 2.05) is 66.9 Å². The van der Waals surface area contributed by atoms with Gasteiger partial charge in [-0.25, -0.2) is 0 Å². The SMILES string of the molecule is CC(C)[C@@H](C(=O)NCCCc1nnc2ccccn12)N1Cc2ccccc2C1=O. The fourth-order valence-electron chi connectivity index (χ4n) is 3.93. The Morgan fingerprint density at radius 3 is 2.72 bits per heavy atom. The Labute approximate surface area is 169 Å². The van der Waals surface area contributed by atoms with Gasteiger partial charge in [0.05, 0.1) is 0 Å². The van der Waals surface area contributed by atoms with Crippen molar-refractivity contribution in [1.82, 2.24) is 24.8 Å². The molecule has 1 aliphatic heterocycles. The number of hydrogen-bond acceptors (Lipinski definition) is 4. The molecule has 1 aromatic carbocycles. The largest absolute Gasteiger partial charge is 0.354 e. The van der Waals surface area contributed by atoms with Crippen LogP contribution >= 0.6 is 0 Å². The predicted molar refractivity (Wildman–Crippen MR) is 109 cm³/mol. The highest BCUT2D eigenvalue weighted by molar-refractivity contribution is 6.01. The maximum atomic E-state index is 12.9. The zero-order valence-corrected chi connectivity index (χ0v) is 16.7. The summed E-state index contributed by atoms with van der Waals surface area (Å²) in [5.41, 5.74) is 2.50. The average molecular weight is 391 g/mol. The lowest BCUT2D eigenvalue weighted by atomic mass is 10.0. The summed E-state index contributed by atoms with van der Waals surface area (Å²) in [6.45, 7) is 4.96. The van der Waals surface area contributed by atoms with Gasteiger partial charge < -0.3 is 10.2 Å². The first-order valence-corrected chi connectivity index (χ1v) is 10.0. The van der Waals surface area contributed by atoms with E-state index in [4.69, 9.17) is 0 Å². The Morgan fingerprint density at radius 1 is 1.14 bits per heavy atom. The van der Waals surface area contributed by atoms with Gasteiger partial charge in [0.1, 0.15) is 11.9 Å². The number of fused-ring (bicyclic) bond motifs is 2. The maximum Gasteiger partial charge on any atom is 0.255 e. The molecule has 2 aromatic heterocycles. The first-order chi connectivity index (χ1) is 14.1. The van der Waals surface area contributed by atoms with Gasteiger partial charge in [0.15, 0.2) is 5.65 Å². The summed E-state index contributed by atoms with van der Waals surface area (Å²) in [6, 6.07) is 12.9. The number of aromatic nitrogens is 3. The molecule has 3 aromatic rings. The number of carbonyl (C=O) groups is 2. The Hall–Kier alpha value is -3.22. The second kappa shape index (κ2) is 8.03. The molecule has 0 fully saturated rings. The summed E-state index contributed by atoms with van der Waals surface area (Å²) in [6.07, 6.45) is 3.40. The maximum absolute atomic E-state index is 12.9. The normalized spacial score (nSPS) is 14.4. The van der Waals surface area contributed by atoms with Crippen molar-refractivity contribution in [1.29, 1.82) is 0 Å². The molecule has 1 aliphatic rings. The van der Waals surface area contributed by atoms with Crippen LogP contribution in [-0.2, 0) is 17.8 Å². The average Bonchev–Trinajstić information content (AvgIpc) is 3.27. The number of amides is 2. The van der Waals surface area contributed by atoms with Gasteiger partial charge in [-0.05, 0) is 36.1 Å². The molecule has 1 N–H and O–H groups in total. The summed E-state index contributed by atoms with van der Waals surface area (Å²) in [4.78, 5) is 27.4. The molecular formula is C22H25N5O2. The fourth-order valence-corrected chi connectivity index (χ4v) is 3.93. The number of hydrogen-bond donors (Lipinski definition) is 1. The molecule has 0 unspecified atom stereocenters. The lowest BCUT2D eigenvalue weighted by Gasteiger charge is -2.29. The second-order valence-electron chi connectivity index (χ2n) is 7.72. The first kappa shape index (κ1) is 19.1. The van der Waals surface area contributed by atoms with E-state index in [9.17, 15) is 9.59 Å². The zero-order valence-electron chi connectivity index (χ0n) is 16.7. The van der Waals surface area contributed by atoms with Crippen molar-refractivity contribution in [2.45, 2.75) is 39.3 Å². The van der Waals surface area contributed by atoms with Gasteiger partial charge >= 0.3 is 0 Å². The van der Waals surface area contributed by atoms with Crippen molar-refractivity contribution in [2.24, 2.45) is 5.92 Å². The molecule has 7 heteroatoms. The predicted octanol–water partition coefficient (Wildman–Crippen LogP) is 2.46. The van der Waals surface area contributed by atoms with Crippen LogP contribution in [0.3, 0.4) is 0 Å². The quantitative estimate of drug-likeness (QED) is 0.628. The number of nitrogens with zero attached hydrogens (tertiary/aromatic N) is 4. The molecule has 2 amide bonds. The van der Waals surface area contributed by atoms with E-state index in [2.05, 4.69) is 15.5 Å². The van der Waals surface area contributed by atoms with Crippen LogP contribution in [0, 0.1) is 5.92 Å². The van der Waals surface area contributed by atoms with Crippen LogP contribution < -0.4 is 5.32 Å². The Bertz CT molecular complexity index is 1040. The van der Waals surface area contributed by atoms with Gasteiger partial charge in [0.2, 0.25) is 5.91 Å².